The lowest BCUT2D eigenvalue weighted by molar-refractivity contribution is 0.0827. The van der Waals surface area contributed by atoms with Crippen molar-refractivity contribution in [3.63, 3.8) is 0 Å². The molecule has 134 valence electrons. The van der Waals surface area contributed by atoms with Gasteiger partial charge >= 0.3 is 0 Å². The molecule has 0 saturated carbocycles. The maximum absolute atomic E-state index is 12.2. The first-order valence-electron chi connectivity index (χ1n) is 7.61. The van der Waals surface area contributed by atoms with Crippen molar-refractivity contribution in [1.29, 1.82) is 0 Å². The minimum Gasteiger partial charge on any atom is -0.368 e. The molecule has 26 heavy (non-hydrogen) atoms. The molecule has 1 heterocycles. The number of nitrogens with two attached hydrogens (primary N) is 1. The summed E-state index contributed by atoms with van der Waals surface area (Å²) < 4.78 is 0. The van der Waals surface area contributed by atoms with Gasteiger partial charge in [0.1, 0.15) is 0 Å². The molecule has 3 rings (SSSR count). The smallest absolute Gasteiger partial charge is 0.253 e. The zero-order valence-corrected chi connectivity index (χ0v) is 15.6. The SMILES string of the molecule is CN(C)C(=O)c1cccc(-c2c(Cl)cc(Nc3n[nH]c(N)n3)cc2Cl)c1. The fourth-order valence-electron chi connectivity index (χ4n) is 2.45. The van der Waals surface area contributed by atoms with Gasteiger partial charge in [0.05, 0.1) is 10.0 Å². The van der Waals surface area contributed by atoms with Gasteiger partial charge in [-0.2, -0.15) is 4.98 Å². The van der Waals surface area contributed by atoms with Crippen molar-refractivity contribution in [3.8, 4) is 11.1 Å². The van der Waals surface area contributed by atoms with Crippen molar-refractivity contribution in [2.45, 2.75) is 0 Å². The Hall–Kier alpha value is -2.77. The Morgan fingerprint density at radius 2 is 1.88 bits per heavy atom. The molecule has 0 spiro atoms. The van der Waals surface area contributed by atoms with Crippen molar-refractivity contribution in [1.82, 2.24) is 20.1 Å². The molecule has 0 atom stereocenters. The molecule has 1 amide bonds. The number of nitrogen functional groups attached to an aromatic ring is 1. The number of benzene rings is 2. The van der Waals surface area contributed by atoms with Gasteiger partial charge in [-0.15, -0.1) is 5.10 Å². The van der Waals surface area contributed by atoms with Crippen LogP contribution in [0.15, 0.2) is 36.4 Å². The molecule has 1 aromatic heterocycles. The summed E-state index contributed by atoms with van der Waals surface area (Å²) in [5.74, 6) is 0.407. The number of carbonyl (C=O) groups excluding carboxylic acids is 1. The predicted octanol–water partition coefficient (Wildman–Crippen LogP) is 3.81. The summed E-state index contributed by atoms with van der Waals surface area (Å²) in [6.45, 7) is 0. The van der Waals surface area contributed by atoms with E-state index in [1.165, 1.54) is 4.90 Å². The Labute approximate surface area is 160 Å². The van der Waals surface area contributed by atoms with Crippen LogP contribution >= 0.6 is 23.2 Å². The van der Waals surface area contributed by atoms with Crippen LogP contribution in [0.25, 0.3) is 11.1 Å². The number of rotatable bonds is 4. The Morgan fingerprint density at radius 3 is 2.46 bits per heavy atom. The quantitative estimate of drug-likeness (QED) is 0.628. The number of hydrogen-bond acceptors (Lipinski definition) is 5. The van der Waals surface area contributed by atoms with Crippen molar-refractivity contribution in [2.24, 2.45) is 0 Å². The summed E-state index contributed by atoms with van der Waals surface area (Å²) >= 11 is 12.9. The number of aromatic amines is 1. The summed E-state index contributed by atoms with van der Waals surface area (Å²) in [5.41, 5.74) is 8.06. The highest BCUT2D eigenvalue weighted by molar-refractivity contribution is 6.39. The van der Waals surface area contributed by atoms with Crippen molar-refractivity contribution in [2.75, 3.05) is 25.1 Å². The third kappa shape index (κ3) is 3.74. The number of carbonyl (C=O) groups is 1. The van der Waals surface area contributed by atoms with Crippen LogP contribution in [0.1, 0.15) is 10.4 Å². The van der Waals surface area contributed by atoms with E-state index in [0.717, 1.165) is 5.56 Å². The van der Waals surface area contributed by atoms with Crippen LogP contribution in [0.2, 0.25) is 10.0 Å². The highest BCUT2D eigenvalue weighted by atomic mass is 35.5. The van der Waals surface area contributed by atoms with E-state index in [0.29, 0.717) is 32.8 Å². The van der Waals surface area contributed by atoms with Gasteiger partial charge in [-0.05, 0) is 29.8 Å². The van der Waals surface area contributed by atoms with E-state index in [9.17, 15) is 4.79 Å². The van der Waals surface area contributed by atoms with Crippen LogP contribution in [0.5, 0.6) is 0 Å². The first-order chi connectivity index (χ1) is 12.3. The number of halogens is 2. The van der Waals surface area contributed by atoms with Crippen LogP contribution in [0.3, 0.4) is 0 Å². The second kappa shape index (κ2) is 7.23. The molecule has 0 radical (unpaired) electrons. The highest BCUT2D eigenvalue weighted by Gasteiger charge is 2.14. The predicted molar refractivity (Wildman–Crippen MR) is 104 cm³/mol. The third-order valence-electron chi connectivity index (χ3n) is 3.61. The summed E-state index contributed by atoms with van der Waals surface area (Å²) in [6, 6.07) is 10.6. The van der Waals surface area contributed by atoms with Gasteiger partial charge in [0.15, 0.2) is 0 Å². The van der Waals surface area contributed by atoms with Crippen LogP contribution in [-0.4, -0.2) is 40.1 Å². The Bertz CT molecular complexity index is 946. The molecule has 0 aliphatic heterocycles. The highest BCUT2D eigenvalue weighted by Crippen LogP contribution is 2.38. The Balaban J connectivity index is 1.96. The van der Waals surface area contributed by atoms with Gasteiger partial charge in [-0.3, -0.25) is 4.79 Å². The number of hydrogen-bond donors (Lipinski definition) is 3. The maximum Gasteiger partial charge on any atom is 0.253 e. The summed E-state index contributed by atoms with van der Waals surface area (Å²) in [6.07, 6.45) is 0. The number of nitrogens with one attached hydrogen (secondary N) is 2. The largest absolute Gasteiger partial charge is 0.368 e. The molecule has 0 unspecified atom stereocenters. The molecule has 0 bridgehead atoms. The molecule has 2 aromatic carbocycles. The third-order valence-corrected chi connectivity index (χ3v) is 4.20. The minimum atomic E-state index is -0.0976. The number of anilines is 3. The molecule has 3 aromatic rings. The molecular formula is C17H16Cl2N6O. The molecule has 9 heteroatoms. The zero-order chi connectivity index (χ0) is 18.8. The van der Waals surface area contributed by atoms with E-state index in [1.54, 1.807) is 44.4 Å². The molecule has 0 saturated heterocycles. The van der Waals surface area contributed by atoms with Gasteiger partial charge in [-0.25, -0.2) is 5.10 Å². The van der Waals surface area contributed by atoms with Crippen molar-refractivity contribution >= 4 is 46.7 Å². The van der Waals surface area contributed by atoms with Crippen LogP contribution < -0.4 is 11.1 Å². The second-order valence-corrected chi connectivity index (χ2v) is 6.58. The molecule has 7 nitrogen and oxygen atoms in total. The number of nitrogens with zero attached hydrogens (tertiary/aromatic N) is 3. The fraction of sp³-hybridized carbons (Fsp3) is 0.118. The topological polar surface area (TPSA) is 99.9 Å². The van der Waals surface area contributed by atoms with Gasteiger partial charge < -0.3 is 16.0 Å². The normalized spacial score (nSPS) is 10.6. The van der Waals surface area contributed by atoms with Crippen molar-refractivity contribution in [3.05, 3.63) is 52.0 Å². The molecule has 0 aliphatic rings. The zero-order valence-electron chi connectivity index (χ0n) is 14.0. The lowest BCUT2D eigenvalue weighted by Crippen LogP contribution is -2.21. The fourth-order valence-corrected chi connectivity index (χ4v) is 3.15. The molecule has 0 aliphatic carbocycles. The van der Waals surface area contributed by atoms with Gasteiger partial charge in [-0.1, -0.05) is 35.3 Å². The Morgan fingerprint density at radius 1 is 1.19 bits per heavy atom. The van der Waals surface area contributed by atoms with E-state index in [1.807, 2.05) is 6.07 Å². The first-order valence-corrected chi connectivity index (χ1v) is 8.37. The second-order valence-electron chi connectivity index (χ2n) is 5.76. The van der Waals surface area contributed by atoms with Crippen LogP contribution in [0, 0.1) is 0 Å². The van der Waals surface area contributed by atoms with E-state index >= 15 is 0 Å². The van der Waals surface area contributed by atoms with Gasteiger partial charge in [0.25, 0.3) is 5.91 Å². The summed E-state index contributed by atoms with van der Waals surface area (Å²) in [7, 11) is 3.40. The van der Waals surface area contributed by atoms with Gasteiger partial charge in [0.2, 0.25) is 11.9 Å². The van der Waals surface area contributed by atoms with Crippen molar-refractivity contribution < 1.29 is 4.79 Å². The standard InChI is InChI=1S/C17H16Cl2N6O/c1-25(2)15(26)10-5-3-4-9(6-10)14-12(18)7-11(8-13(14)19)21-17-22-16(20)23-24-17/h3-8H,1-2H3,(H4,20,21,22,23,24). The van der Waals surface area contributed by atoms with Crippen LogP contribution in [0.4, 0.5) is 17.6 Å². The van der Waals surface area contributed by atoms with Gasteiger partial charge in [0, 0.05) is 30.9 Å². The lowest BCUT2D eigenvalue weighted by atomic mass is 10.0. The minimum absolute atomic E-state index is 0.0976. The first kappa shape index (κ1) is 18.0. The van der Waals surface area contributed by atoms with E-state index in [-0.39, 0.29) is 11.9 Å². The van der Waals surface area contributed by atoms with E-state index in [2.05, 4.69) is 20.5 Å². The number of amides is 1. The average molecular weight is 391 g/mol. The summed E-state index contributed by atoms with van der Waals surface area (Å²) in [5, 5.41) is 10.3. The number of aromatic nitrogens is 3. The Kier molecular flexibility index (Phi) is 5.01. The average Bonchev–Trinajstić information content (AvgIpc) is 2.98. The molecule has 4 N–H and O–H groups in total. The van der Waals surface area contributed by atoms with E-state index in [4.69, 9.17) is 28.9 Å². The maximum atomic E-state index is 12.2. The molecule has 0 fully saturated rings. The monoisotopic (exact) mass is 390 g/mol. The number of H-pyrrole nitrogens is 1. The summed E-state index contributed by atoms with van der Waals surface area (Å²) in [4.78, 5) is 17.7. The molecular weight excluding hydrogens is 375 g/mol. The van der Waals surface area contributed by atoms with Crippen LogP contribution in [-0.2, 0) is 0 Å². The lowest BCUT2D eigenvalue weighted by Gasteiger charge is -2.13. The van der Waals surface area contributed by atoms with E-state index < -0.39 is 0 Å².